The van der Waals surface area contributed by atoms with Crippen molar-refractivity contribution in [1.82, 2.24) is 9.88 Å². The van der Waals surface area contributed by atoms with E-state index in [0.717, 1.165) is 37.9 Å². The van der Waals surface area contributed by atoms with Gasteiger partial charge in [-0.2, -0.15) is 0 Å². The van der Waals surface area contributed by atoms with Crippen LogP contribution in [-0.2, 0) is 15.9 Å². The van der Waals surface area contributed by atoms with E-state index in [-0.39, 0.29) is 6.09 Å². The minimum atomic E-state index is -0.529. The number of carbonyl (C=O) groups excluding carboxylic acids is 1. The first-order valence-electron chi connectivity index (χ1n) is 11.2. The zero-order valence-electron chi connectivity index (χ0n) is 18.8. The fourth-order valence-corrected chi connectivity index (χ4v) is 4.36. The highest BCUT2D eigenvalue weighted by atomic mass is 16.6. The lowest BCUT2D eigenvalue weighted by atomic mass is 9.96. The van der Waals surface area contributed by atoms with Crippen LogP contribution in [0.5, 0.6) is 0 Å². The van der Waals surface area contributed by atoms with Crippen LogP contribution < -0.4 is 4.90 Å². The number of carbonyl (C=O) groups is 1. The van der Waals surface area contributed by atoms with E-state index >= 15 is 0 Å². The molecule has 6 heteroatoms. The van der Waals surface area contributed by atoms with Crippen LogP contribution in [0.25, 0.3) is 0 Å². The molecule has 0 N–H and O–H groups in total. The Bertz CT molecular complexity index is 873. The lowest BCUT2D eigenvalue weighted by Crippen LogP contribution is -2.44. The summed E-state index contributed by atoms with van der Waals surface area (Å²) in [7, 11) is 0. The molecule has 0 spiro atoms. The third-order valence-electron chi connectivity index (χ3n) is 5.99. The van der Waals surface area contributed by atoms with Gasteiger partial charge in [0, 0.05) is 43.3 Å². The summed E-state index contributed by atoms with van der Waals surface area (Å²) < 4.78 is 12.1. The Morgan fingerprint density at radius 1 is 1.06 bits per heavy atom. The largest absolute Gasteiger partial charge is 0.444 e. The topological polar surface area (TPSA) is 54.9 Å². The number of ether oxygens (including phenoxy) is 2. The molecule has 4 rings (SSSR count). The molecular weight excluding hydrogens is 390 g/mol. The van der Waals surface area contributed by atoms with Crippen LogP contribution in [0.4, 0.5) is 10.5 Å². The van der Waals surface area contributed by atoms with Crippen molar-refractivity contribution in [3.8, 4) is 0 Å². The Hall–Kier alpha value is -2.60. The number of anilines is 1. The van der Waals surface area contributed by atoms with Crippen LogP contribution in [-0.4, -0.2) is 47.8 Å². The van der Waals surface area contributed by atoms with Gasteiger partial charge in [-0.3, -0.25) is 9.88 Å². The SMILES string of the molecule is CC(C)(C)OC(=O)N1CCc2ccccc2C1OCC1CCN(c2ccncc2)CC1. The fraction of sp³-hybridized carbons (Fsp3) is 0.520. The Labute approximate surface area is 185 Å². The summed E-state index contributed by atoms with van der Waals surface area (Å²) in [4.78, 5) is 21.2. The van der Waals surface area contributed by atoms with Crippen LogP contribution in [0, 0.1) is 5.92 Å². The zero-order valence-corrected chi connectivity index (χ0v) is 18.8. The van der Waals surface area contributed by atoms with Crippen molar-refractivity contribution in [3.05, 3.63) is 59.9 Å². The van der Waals surface area contributed by atoms with Gasteiger partial charge in [0.1, 0.15) is 5.60 Å². The smallest absolute Gasteiger partial charge is 0.412 e. The summed E-state index contributed by atoms with van der Waals surface area (Å²) in [5, 5.41) is 0. The van der Waals surface area contributed by atoms with Crippen LogP contribution in [0.1, 0.15) is 51.0 Å². The molecule has 1 aromatic heterocycles. The van der Waals surface area contributed by atoms with Gasteiger partial charge in [0.05, 0.1) is 6.61 Å². The van der Waals surface area contributed by atoms with Crippen molar-refractivity contribution < 1.29 is 14.3 Å². The summed E-state index contributed by atoms with van der Waals surface area (Å²) in [5.74, 6) is 0.479. The van der Waals surface area contributed by atoms with E-state index in [9.17, 15) is 4.79 Å². The maximum atomic E-state index is 12.9. The molecule has 1 saturated heterocycles. The van der Waals surface area contributed by atoms with Gasteiger partial charge in [-0.05, 0) is 63.6 Å². The van der Waals surface area contributed by atoms with Gasteiger partial charge in [0.15, 0.2) is 6.23 Å². The number of amides is 1. The summed E-state index contributed by atoms with van der Waals surface area (Å²) in [6, 6.07) is 12.4. The molecule has 1 amide bonds. The third kappa shape index (κ3) is 5.37. The highest BCUT2D eigenvalue weighted by molar-refractivity contribution is 5.69. The zero-order chi connectivity index (χ0) is 21.8. The molecule has 0 saturated carbocycles. The van der Waals surface area contributed by atoms with Crippen molar-refractivity contribution in [3.63, 3.8) is 0 Å². The molecule has 0 bridgehead atoms. The second-order valence-corrected chi connectivity index (χ2v) is 9.44. The predicted molar refractivity (Wildman–Crippen MR) is 121 cm³/mol. The van der Waals surface area contributed by atoms with Crippen molar-refractivity contribution >= 4 is 11.8 Å². The summed E-state index contributed by atoms with van der Waals surface area (Å²) >= 11 is 0. The van der Waals surface area contributed by atoms with Gasteiger partial charge >= 0.3 is 6.09 Å². The number of hydrogen-bond acceptors (Lipinski definition) is 5. The van der Waals surface area contributed by atoms with E-state index in [1.54, 1.807) is 4.90 Å². The van der Waals surface area contributed by atoms with E-state index < -0.39 is 11.8 Å². The lowest BCUT2D eigenvalue weighted by molar-refractivity contribution is -0.0853. The molecule has 1 atom stereocenters. The van der Waals surface area contributed by atoms with E-state index in [1.807, 2.05) is 45.3 Å². The number of pyridine rings is 1. The first kappa shape index (κ1) is 21.6. The Morgan fingerprint density at radius 2 is 1.77 bits per heavy atom. The molecular formula is C25H33N3O3. The normalized spacial score (nSPS) is 19.8. The van der Waals surface area contributed by atoms with E-state index in [0.29, 0.717) is 19.1 Å². The van der Waals surface area contributed by atoms with E-state index in [1.165, 1.54) is 11.3 Å². The number of nitrogens with zero attached hydrogens (tertiary/aromatic N) is 3. The standard InChI is InChI=1S/C25H33N3O3/c1-25(2,3)31-24(29)28-17-12-20-6-4-5-7-22(20)23(28)30-18-19-10-15-27(16-11-19)21-8-13-26-14-9-21/h4-9,13-14,19,23H,10-12,15-18H2,1-3H3. The van der Waals surface area contributed by atoms with Crippen molar-refractivity contribution in [2.75, 3.05) is 31.1 Å². The number of rotatable bonds is 4. The summed E-state index contributed by atoms with van der Waals surface area (Å²) in [5.41, 5.74) is 3.03. The molecule has 1 fully saturated rings. The quantitative estimate of drug-likeness (QED) is 0.707. The number of aromatic nitrogens is 1. The molecule has 31 heavy (non-hydrogen) atoms. The molecule has 1 unspecified atom stereocenters. The van der Waals surface area contributed by atoms with Crippen LogP contribution in [0.3, 0.4) is 0 Å². The van der Waals surface area contributed by atoms with Crippen molar-refractivity contribution in [1.29, 1.82) is 0 Å². The highest BCUT2D eigenvalue weighted by Crippen LogP contribution is 2.33. The minimum absolute atomic E-state index is 0.306. The third-order valence-corrected chi connectivity index (χ3v) is 5.99. The van der Waals surface area contributed by atoms with Gasteiger partial charge < -0.3 is 14.4 Å². The number of fused-ring (bicyclic) bond motifs is 1. The van der Waals surface area contributed by atoms with Gasteiger partial charge in [0.25, 0.3) is 0 Å². The second kappa shape index (κ2) is 9.27. The minimum Gasteiger partial charge on any atom is -0.444 e. The number of benzene rings is 1. The molecule has 2 aliphatic rings. The van der Waals surface area contributed by atoms with Gasteiger partial charge in [-0.15, -0.1) is 0 Å². The summed E-state index contributed by atoms with van der Waals surface area (Å²) in [6.45, 7) is 8.96. The Balaban J connectivity index is 1.40. The van der Waals surface area contributed by atoms with Gasteiger partial charge in [-0.25, -0.2) is 4.79 Å². The second-order valence-electron chi connectivity index (χ2n) is 9.44. The highest BCUT2D eigenvalue weighted by Gasteiger charge is 2.35. The first-order chi connectivity index (χ1) is 14.9. The Kier molecular flexibility index (Phi) is 6.46. The lowest BCUT2D eigenvalue weighted by Gasteiger charge is -2.39. The molecule has 166 valence electrons. The molecule has 2 aromatic rings. The fourth-order valence-electron chi connectivity index (χ4n) is 4.36. The molecule has 2 aliphatic heterocycles. The average Bonchev–Trinajstić information content (AvgIpc) is 2.77. The van der Waals surface area contributed by atoms with E-state index in [4.69, 9.17) is 9.47 Å². The van der Waals surface area contributed by atoms with Crippen LogP contribution in [0.2, 0.25) is 0 Å². The monoisotopic (exact) mass is 423 g/mol. The maximum Gasteiger partial charge on any atom is 0.412 e. The van der Waals surface area contributed by atoms with Crippen LogP contribution in [0.15, 0.2) is 48.8 Å². The van der Waals surface area contributed by atoms with Crippen LogP contribution >= 0.6 is 0 Å². The molecule has 1 aromatic carbocycles. The van der Waals surface area contributed by atoms with Gasteiger partial charge in [-0.1, -0.05) is 24.3 Å². The molecule has 3 heterocycles. The van der Waals surface area contributed by atoms with Gasteiger partial charge in [0.2, 0.25) is 0 Å². The number of hydrogen-bond donors (Lipinski definition) is 0. The predicted octanol–water partition coefficient (Wildman–Crippen LogP) is 4.81. The molecule has 6 nitrogen and oxygen atoms in total. The molecule has 0 radical (unpaired) electrons. The Morgan fingerprint density at radius 3 is 2.48 bits per heavy atom. The number of piperidine rings is 1. The average molecular weight is 424 g/mol. The summed E-state index contributed by atoms with van der Waals surface area (Å²) in [6.07, 6.45) is 5.95. The van der Waals surface area contributed by atoms with Crippen molar-refractivity contribution in [2.45, 2.75) is 51.9 Å². The molecule has 0 aliphatic carbocycles. The van der Waals surface area contributed by atoms with E-state index in [2.05, 4.69) is 34.1 Å². The maximum absolute atomic E-state index is 12.9. The van der Waals surface area contributed by atoms with Crippen molar-refractivity contribution in [2.24, 2.45) is 5.92 Å². The first-order valence-corrected chi connectivity index (χ1v) is 11.2.